The van der Waals surface area contributed by atoms with Crippen molar-refractivity contribution in [3.8, 4) is 0 Å². The summed E-state index contributed by atoms with van der Waals surface area (Å²) in [6, 6.07) is 0. The summed E-state index contributed by atoms with van der Waals surface area (Å²) in [6.45, 7) is 5.52. The number of hydrogen-bond donors (Lipinski definition) is 0. The van der Waals surface area contributed by atoms with Crippen molar-refractivity contribution in [2.24, 2.45) is 26.4 Å². The topological polar surface area (TPSA) is 121 Å². The zero-order chi connectivity index (χ0) is 18.8. The smallest absolute Gasteiger partial charge is 0.375 e. The molecule has 0 radical (unpaired) electrons. The van der Waals surface area contributed by atoms with Crippen LogP contribution in [-0.2, 0) is 28.8 Å². The van der Waals surface area contributed by atoms with Gasteiger partial charge in [0.15, 0.2) is 5.92 Å². The van der Waals surface area contributed by atoms with E-state index < -0.39 is 17.7 Å². The Morgan fingerprint density at radius 2 is 1.88 bits per heavy atom. The van der Waals surface area contributed by atoms with E-state index in [9.17, 15) is 9.59 Å². The molecule has 0 fully saturated rings. The molecular formula is C15H20N4O6. The van der Waals surface area contributed by atoms with Crippen molar-refractivity contribution in [2.75, 3.05) is 20.8 Å². The molecule has 0 aromatic rings. The molecule has 1 rings (SSSR count). The van der Waals surface area contributed by atoms with Gasteiger partial charge in [-0.15, -0.1) is 0 Å². The lowest BCUT2D eigenvalue weighted by Gasteiger charge is -2.17. The summed E-state index contributed by atoms with van der Waals surface area (Å²) in [6.07, 6.45) is 2.76. The maximum absolute atomic E-state index is 12.2. The standard InChI is InChI=1S/C15H20N4O6/c1-6-24-17-9(2)10(3)18-25-14-12(13(20)15(21)22-4)11(19-23-5)7-8-16-14/h7-8,12H,6H2,1-5H3/b17-9+,18-10-,19-11+. The van der Waals surface area contributed by atoms with Gasteiger partial charge in [0.1, 0.15) is 30.9 Å². The van der Waals surface area contributed by atoms with E-state index in [2.05, 4.69) is 30.0 Å². The van der Waals surface area contributed by atoms with Gasteiger partial charge in [-0.05, 0) is 26.8 Å². The predicted octanol–water partition coefficient (Wildman–Crippen LogP) is 1.08. The van der Waals surface area contributed by atoms with E-state index in [-0.39, 0.29) is 11.6 Å². The molecule has 1 aliphatic heterocycles. The minimum Gasteiger partial charge on any atom is -0.463 e. The fourth-order valence-electron chi connectivity index (χ4n) is 1.62. The summed E-state index contributed by atoms with van der Waals surface area (Å²) < 4.78 is 4.46. The van der Waals surface area contributed by atoms with Gasteiger partial charge in [-0.2, -0.15) is 0 Å². The van der Waals surface area contributed by atoms with Gasteiger partial charge in [0.2, 0.25) is 5.90 Å². The fraction of sp³-hybridized carbons (Fsp3) is 0.467. The molecule has 10 heteroatoms. The van der Waals surface area contributed by atoms with Gasteiger partial charge in [0.05, 0.1) is 7.11 Å². The van der Waals surface area contributed by atoms with Crippen LogP contribution in [0.5, 0.6) is 0 Å². The highest BCUT2D eigenvalue weighted by atomic mass is 16.6. The maximum atomic E-state index is 12.2. The van der Waals surface area contributed by atoms with Crippen molar-refractivity contribution < 1.29 is 28.8 Å². The first kappa shape index (κ1) is 20.0. The first-order chi connectivity index (χ1) is 12.0. The van der Waals surface area contributed by atoms with E-state index in [4.69, 9.17) is 9.68 Å². The lowest BCUT2D eigenvalue weighted by Crippen LogP contribution is -2.38. The Bertz CT molecular complexity index is 663. The second-order valence-electron chi connectivity index (χ2n) is 4.63. The molecule has 0 bridgehead atoms. The second kappa shape index (κ2) is 9.96. The molecule has 0 aromatic heterocycles. The van der Waals surface area contributed by atoms with Crippen molar-refractivity contribution in [3.63, 3.8) is 0 Å². The molecule has 1 heterocycles. The zero-order valence-corrected chi connectivity index (χ0v) is 14.7. The van der Waals surface area contributed by atoms with Crippen LogP contribution in [0.25, 0.3) is 0 Å². The van der Waals surface area contributed by atoms with E-state index in [1.54, 1.807) is 20.8 Å². The maximum Gasteiger partial charge on any atom is 0.375 e. The molecular weight excluding hydrogens is 332 g/mol. The van der Waals surface area contributed by atoms with Crippen LogP contribution in [0.15, 0.2) is 32.7 Å². The first-order valence-electron chi connectivity index (χ1n) is 7.32. The highest BCUT2D eigenvalue weighted by molar-refractivity contribution is 6.45. The van der Waals surface area contributed by atoms with E-state index in [0.29, 0.717) is 18.0 Å². The van der Waals surface area contributed by atoms with E-state index in [1.807, 2.05) is 0 Å². The molecule has 0 saturated carbocycles. The number of hydrogen-bond acceptors (Lipinski definition) is 10. The molecule has 0 saturated heterocycles. The third kappa shape index (κ3) is 5.52. The number of carbonyl (C=O) groups is 2. The van der Waals surface area contributed by atoms with Gasteiger partial charge in [0.25, 0.3) is 5.78 Å². The van der Waals surface area contributed by atoms with Gasteiger partial charge in [-0.25, -0.2) is 9.79 Å². The lowest BCUT2D eigenvalue weighted by molar-refractivity contribution is -0.152. The molecule has 0 spiro atoms. The van der Waals surface area contributed by atoms with Gasteiger partial charge in [-0.3, -0.25) is 4.79 Å². The monoisotopic (exact) mass is 352 g/mol. The summed E-state index contributed by atoms with van der Waals surface area (Å²) in [4.78, 5) is 42.6. The number of ketones is 1. The number of allylic oxidation sites excluding steroid dienone is 1. The second-order valence-corrected chi connectivity index (χ2v) is 4.63. The minimum atomic E-state index is -1.22. The van der Waals surface area contributed by atoms with Crippen LogP contribution in [-0.4, -0.2) is 55.6 Å². The zero-order valence-electron chi connectivity index (χ0n) is 14.7. The Morgan fingerprint density at radius 3 is 2.48 bits per heavy atom. The summed E-state index contributed by atoms with van der Waals surface area (Å²) in [5.41, 5.74) is 1.02. The van der Waals surface area contributed by atoms with Crippen molar-refractivity contribution in [1.82, 2.24) is 0 Å². The Hall–Kier alpha value is -3.04. The van der Waals surface area contributed by atoms with E-state index in [1.165, 1.54) is 19.4 Å². The summed E-state index contributed by atoms with van der Waals surface area (Å²) in [5, 5.41) is 11.4. The van der Waals surface area contributed by atoms with Crippen LogP contribution >= 0.6 is 0 Å². The molecule has 1 unspecified atom stereocenters. The largest absolute Gasteiger partial charge is 0.463 e. The van der Waals surface area contributed by atoms with Crippen LogP contribution in [0.3, 0.4) is 0 Å². The summed E-state index contributed by atoms with van der Waals surface area (Å²) in [5.74, 6) is -3.33. The molecule has 1 atom stereocenters. The number of nitrogens with zero attached hydrogens (tertiary/aromatic N) is 4. The van der Waals surface area contributed by atoms with Gasteiger partial charge in [0, 0.05) is 6.20 Å². The molecule has 0 aliphatic carbocycles. The van der Waals surface area contributed by atoms with Crippen molar-refractivity contribution in [1.29, 1.82) is 0 Å². The highest BCUT2D eigenvalue weighted by Gasteiger charge is 2.38. The first-order valence-corrected chi connectivity index (χ1v) is 7.32. The third-order valence-electron chi connectivity index (χ3n) is 2.97. The Labute approximate surface area is 144 Å². The van der Waals surface area contributed by atoms with Gasteiger partial charge < -0.3 is 19.2 Å². The Balaban J connectivity index is 3.07. The Kier molecular flexibility index (Phi) is 7.97. The summed E-state index contributed by atoms with van der Waals surface area (Å²) in [7, 11) is 2.40. The third-order valence-corrected chi connectivity index (χ3v) is 2.97. The van der Waals surface area contributed by atoms with E-state index in [0.717, 1.165) is 7.11 Å². The van der Waals surface area contributed by atoms with Gasteiger partial charge in [-0.1, -0.05) is 15.5 Å². The average Bonchev–Trinajstić information content (AvgIpc) is 2.63. The summed E-state index contributed by atoms with van der Waals surface area (Å²) >= 11 is 0. The van der Waals surface area contributed by atoms with Gasteiger partial charge >= 0.3 is 5.97 Å². The number of esters is 1. The normalized spacial score (nSPS) is 19.3. The van der Waals surface area contributed by atoms with Crippen LogP contribution in [0, 0.1) is 5.92 Å². The molecule has 10 nitrogen and oxygen atoms in total. The number of ether oxygens (including phenoxy) is 1. The highest BCUT2D eigenvalue weighted by Crippen LogP contribution is 2.15. The van der Waals surface area contributed by atoms with Crippen molar-refractivity contribution in [3.05, 3.63) is 12.3 Å². The number of methoxy groups -OCH3 is 1. The number of aliphatic imine (C=N–C) groups is 1. The van der Waals surface area contributed by atoms with Crippen LogP contribution < -0.4 is 0 Å². The van der Waals surface area contributed by atoms with Crippen LogP contribution in [0.1, 0.15) is 20.8 Å². The molecule has 136 valence electrons. The molecule has 1 aliphatic rings. The van der Waals surface area contributed by atoms with Crippen molar-refractivity contribution >= 4 is 34.8 Å². The average molecular weight is 352 g/mol. The molecule has 0 aromatic carbocycles. The molecule has 25 heavy (non-hydrogen) atoms. The fourth-order valence-corrected chi connectivity index (χ4v) is 1.62. The number of Topliss-reactive ketones (excluding diaryl/α,β-unsaturated/α-hetero) is 1. The predicted molar refractivity (Wildman–Crippen MR) is 90.5 cm³/mol. The number of oxime groups is 3. The lowest BCUT2D eigenvalue weighted by atomic mass is 9.96. The molecule has 0 N–H and O–H groups in total. The SMILES string of the molecule is CCO/N=C(C)/C(C)=N\OC1=NC=C/C(=N\OC)C1C(=O)C(=O)OC. The number of carbonyl (C=O) groups excluding carboxylic acids is 2. The minimum absolute atomic E-state index is 0.135. The van der Waals surface area contributed by atoms with Crippen molar-refractivity contribution in [2.45, 2.75) is 20.8 Å². The van der Waals surface area contributed by atoms with Crippen LogP contribution in [0.4, 0.5) is 0 Å². The van der Waals surface area contributed by atoms with E-state index >= 15 is 0 Å². The Morgan fingerprint density at radius 1 is 1.20 bits per heavy atom. The molecule has 0 amide bonds. The number of rotatable bonds is 7. The quantitative estimate of drug-likeness (QED) is 0.292. The van der Waals surface area contributed by atoms with Crippen LogP contribution in [0.2, 0.25) is 0 Å².